The molecule has 3 aliphatic rings. The zero-order valence-corrected chi connectivity index (χ0v) is 17.6. The summed E-state index contributed by atoms with van der Waals surface area (Å²) < 4.78 is 22.0. The van der Waals surface area contributed by atoms with Crippen molar-refractivity contribution in [2.45, 2.75) is 12.8 Å². The van der Waals surface area contributed by atoms with Crippen LogP contribution in [0.4, 0.5) is 0 Å². The van der Waals surface area contributed by atoms with Crippen molar-refractivity contribution in [2.75, 3.05) is 26.5 Å². The van der Waals surface area contributed by atoms with Crippen LogP contribution in [-0.4, -0.2) is 54.2 Å². The Labute approximate surface area is 189 Å². The van der Waals surface area contributed by atoms with Crippen LogP contribution < -0.4 is 18.9 Å². The summed E-state index contributed by atoms with van der Waals surface area (Å²) >= 11 is 0. The highest BCUT2D eigenvalue weighted by Gasteiger charge is 2.29. The van der Waals surface area contributed by atoms with Gasteiger partial charge in [0.05, 0.1) is 11.5 Å². The molecule has 9 nitrogen and oxygen atoms in total. The first-order chi connectivity index (χ1) is 16.0. The summed E-state index contributed by atoms with van der Waals surface area (Å²) in [6.45, 7) is 0.788. The van der Waals surface area contributed by atoms with Crippen molar-refractivity contribution in [3.8, 4) is 23.0 Å². The van der Waals surface area contributed by atoms with Crippen LogP contribution in [0.5, 0.6) is 23.0 Å². The molecule has 0 aliphatic carbocycles. The van der Waals surface area contributed by atoms with Crippen LogP contribution in [0.2, 0.25) is 0 Å². The second-order valence-electron chi connectivity index (χ2n) is 7.99. The molecule has 0 aromatic heterocycles. The first-order valence-electron chi connectivity index (χ1n) is 10.6. The summed E-state index contributed by atoms with van der Waals surface area (Å²) in [4.78, 5) is 37.8. The molecular formula is C24H21NO8. The average Bonchev–Trinajstić information content (AvgIpc) is 3.41. The molecule has 2 aromatic carbocycles. The van der Waals surface area contributed by atoms with Gasteiger partial charge in [-0.3, -0.25) is 14.4 Å². The Bertz CT molecular complexity index is 1160. The number of hydrogen-bond acceptors (Lipinski definition) is 7. The van der Waals surface area contributed by atoms with Gasteiger partial charge >= 0.3 is 5.97 Å². The molecule has 0 spiro atoms. The van der Waals surface area contributed by atoms with Crippen LogP contribution in [0.3, 0.4) is 0 Å². The third-order valence-corrected chi connectivity index (χ3v) is 5.90. The van der Waals surface area contributed by atoms with Gasteiger partial charge in [0.15, 0.2) is 23.9 Å². The lowest BCUT2D eigenvalue weighted by molar-refractivity contribution is -0.146. The van der Waals surface area contributed by atoms with E-state index in [-0.39, 0.29) is 30.8 Å². The van der Waals surface area contributed by atoms with Gasteiger partial charge in [-0.1, -0.05) is 6.07 Å². The summed E-state index contributed by atoms with van der Waals surface area (Å²) in [5.74, 6) is 0.532. The number of benzene rings is 2. The zero-order valence-electron chi connectivity index (χ0n) is 17.6. The number of likely N-dealkylation sites (tertiary alicyclic amines) is 1. The minimum atomic E-state index is -0.821. The number of ketones is 1. The largest absolute Gasteiger partial charge is 0.484 e. The molecule has 33 heavy (non-hydrogen) atoms. The molecule has 0 bridgehead atoms. The lowest BCUT2D eigenvalue weighted by Gasteiger charge is -2.30. The quantitative estimate of drug-likeness (QED) is 0.691. The number of fused-ring (bicyclic) bond motifs is 2. The van der Waals surface area contributed by atoms with Gasteiger partial charge in [0.1, 0.15) is 11.5 Å². The smallest absolute Gasteiger partial charge is 0.306 e. The van der Waals surface area contributed by atoms with E-state index in [0.717, 1.165) is 5.56 Å². The molecular weight excluding hydrogens is 430 g/mol. The van der Waals surface area contributed by atoms with Gasteiger partial charge in [0, 0.05) is 19.2 Å². The van der Waals surface area contributed by atoms with Crippen LogP contribution in [-0.2, 0) is 9.59 Å². The van der Waals surface area contributed by atoms with Crippen molar-refractivity contribution in [1.29, 1.82) is 0 Å². The second kappa shape index (κ2) is 8.50. The topological polar surface area (TPSA) is 112 Å². The number of carboxylic acid groups (broad SMARTS) is 1. The first kappa shape index (κ1) is 20.9. The molecule has 1 N–H and O–H groups in total. The Morgan fingerprint density at radius 3 is 2.64 bits per heavy atom. The van der Waals surface area contributed by atoms with Gasteiger partial charge in [-0.05, 0) is 48.7 Å². The number of Topliss-reactive ketones (excluding diaryl/α,β-unsaturated/α-hetero) is 1. The molecule has 3 aliphatic heterocycles. The number of hydrogen-bond donors (Lipinski definition) is 1. The number of piperidine rings is 1. The molecule has 3 heterocycles. The number of amides is 1. The Morgan fingerprint density at radius 1 is 1.06 bits per heavy atom. The van der Waals surface area contributed by atoms with Crippen LogP contribution in [0.25, 0.3) is 6.08 Å². The highest BCUT2D eigenvalue weighted by molar-refractivity contribution is 6.14. The fourth-order valence-corrected chi connectivity index (χ4v) is 4.02. The summed E-state index contributed by atoms with van der Waals surface area (Å²) in [6.07, 6.45) is 2.51. The lowest BCUT2D eigenvalue weighted by atomic mass is 9.97. The Hall–Kier alpha value is -4.01. The molecule has 1 amide bonds. The van der Waals surface area contributed by atoms with E-state index in [4.69, 9.17) is 24.1 Å². The molecule has 1 saturated heterocycles. The minimum Gasteiger partial charge on any atom is -0.484 e. The zero-order chi connectivity index (χ0) is 22.9. The van der Waals surface area contributed by atoms with E-state index in [1.165, 1.54) is 0 Å². The molecule has 1 fully saturated rings. The normalized spacial score (nSPS) is 18.2. The number of rotatable bonds is 5. The summed E-state index contributed by atoms with van der Waals surface area (Å²) in [5.41, 5.74) is 1.15. The highest BCUT2D eigenvalue weighted by atomic mass is 16.7. The van der Waals surface area contributed by atoms with Crippen molar-refractivity contribution >= 4 is 23.7 Å². The van der Waals surface area contributed by atoms with Crippen LogP contribution in [0.1, 0.15) is 28.8 Å². The van der Waals surface area contributed by atoms with Gasteiger partial charge in [-0.2, -0.15) is 0 Å². The monoisotopic (exact) mass is 451 g/mol. The standard InChI is InChI=1S/C24H21NO8/c26-22(25-7-5-15(6-8-25)24(28)29)12-30-16-2-3-17-19(11-16)33-21(23(17)27)10-14-1-4-18-20(9-14)32-13-31-18/h1-4,9-11,15H,5-8,12-13H2,(H,28,29)/b21-10-. The van der Waals surface area contributed by atoms with Crippen molar-refractivity contribution < 1.29 is 38.4 Å². The SMILES string of the molecule is O=C1/C(=C/c2ccc3c(c2)OCO3)Oc2cc(OCC(=O)N3CCC(C(=O)O)CC3)ccc21. The molecule has 2 aromatic rings. The van der Waals surface area contributed by atoms with Crippen LogP contribution >= 0.6 is 0 Å². The van der Waals surface area contributed by atoms with Gasteiger partial charge in [-0.25, -0.2) is 0 Å². The Morgan fingerprint density at radius 2 is 1.85 bits per heavy atom. The highest BCUT2D eigenvalue weighted by Crippen LogP contribution is 2.37. The number of carbonyl (C=O) groups excluding carboxylic acids is 2. The second-order valence-corrected chi connectivity index (χ2v) is 7.99. The van der Waals surface area contributed by atoms with Gasteiger partial charge in [-0.15, -0.1) is 0 Å². The maximum Gasteiger partial charge on any atom is 0.306 e. The van der Waals surface area contributed by atoms with E-state index in [2.05, 4.69) is 0 Å². The minimum absolute atomic E-state index is 0.169. The van der Waals surface area contributed by atoms with E-state index < -0.39 is 11.9 Å². The summed E-state index contributed by atoms with van der Waals surface area (Å²) in [6, 6.07) is 10.2. The van der Waals surface area contributed by atoms with Crippen molar-refractivity contribution in [2.24, 2.45) is 5.92 Å². The molecule has 9 heteroatoms. The number of carbonyl (C=O) groups is 3. The molecule has 0 unspecified atom stereocenters. The molecule has 0 atom stereocenters. The lowest BCUT2D eigenvalue weighted by Crippen LogP contribution is -2.42. The number of carboxylic acids is 1. The molecule has 170 valence electrons. The summed E-state index contributed by atoms with van der Waals surface area (Å²) in [5, 5.41) is 9.07. The van der Waals surface area contributed by atoms with Crippen molar-refractivity contribution in [1.82, 2.24) is 4.90 Å². The maximum atomic E-state index is 12.7. The van der Waals surface area contributed by atoms with Crippen molar-refractivity contribution in [3.63, 3.8) is 0 Å². The third-order valence-electron chi connectivity index (χ3n) is 5.90. The van der Waals surface area contributed by atoms with E-state index in [1.54, 1.807) is 47.4 Å². The predicted molar refractivity (Wildman–Crippen MR) is 114 cm³/mol. The molecule has 0 radical (unpaired) electrons. The number of allylic oxidation sites excluding steroid dienone is 1. The third kappa shape index (κ3) is 4.21. The Kier molecular flexibility index (Phi) is 5.37. The number of aliphatic carboxylic acids is 1. The average molecular weight is 451 g/mol. The van der Waals surface area contributed by atoms with Gasteiger partial charge in [0.2, 0.25) is 12.6 Å². The number of ether oxygens (including phenoxy) is 4. The van der Waals surface area contributed by atoms with Crippen molar-refractivity contribution in [3.05, 3.63) is 53.3 Å². The molecule has 5 rings (SSSR count). The van der Waals surface area contributed by atoms with E-state index in [0.29, 0.717) is 54.5 Å². The predicted octanol–water partition coefficient (Wildman–Crippen LogP) is 2.73. The van der Waals surface area contributed by atoms with E-state index in [9.17, 15) is 14.4 Å². The van der Waals surface area contributed by atoms with E-state index in [1.807, 2.05) is 0 Å². The van der Waals surface area contributed by atoms with Crippen LogP contribution in [0, 0.1) is 5.92 Å². The fourth-order valence-electron chi connectivity index (χ4n) is 4.02. The first-order valence-corrected chi connectivity index (χ1v) is 10.6. The summed E-state index contributed by atoms with van der Waals surface area (Å²) in [7, 11) is 0. The Balaban J connectivity index is 1.21. The van der Waals surface area contributed by atoms with Gasteiger partial charge in [0.25, 0.3) is 5.91 Å². The van der Waals surface area contributed by atoms with Crippen LogP contribution in [0.15, 0.2) is 42.2 Å². The maximum absolute atomic E-state index is 12.7. The molecule has 0 saturated carbocycles. The van der Waals surface area contributed by atoms with E-state index >= 15 is 0 Å². The number of nitrogens with zero attached hydrogens (tertiary/aromatic N) is 1. The fraction of sp³-hybridized carbons (Fsp3) is 0.292. The van der Waals surface area contributed by atoms with Gasteiger partial charge < -0.3 is 29.0 Å².